The lowest BCUT2D eigenvalue weighted by Gasteiger charge is -2.28. The van der Waals surface area contributed by atoms with Gasteiger partial charge in [0.05, 0.1) is 12.2 Å². The van der Waals surface area contributed by atoms with Crippen LogP contribution in [0.3, 0.4) is 0 Å². The number of anilines is 2. The van der Waals surface area contributed by atoms with Crippen molar-refractivity contribution in [2.24, 2.45) is 0 Å². The molecule has 112 valence electrons. The van der Waals surface area contributed by atoms with E-state index >= 15 is 0 Å². The van der Waals surface area contributed by atoms with E-state index in [1.165, 1.54) is 0 Å². The molecule has 0 bridgehead atoms. The fraction of sp³-hybridized carbons (Fsp3) is 0.562. The molecule has 20 heavy (non-hydrogen) atoms. The van der Waals surface area contributed by atoms with E-state index in [1.54, 1.807) is 12.1 Å². The third-order valence-electron chi connectivity index (χ3n) is 3.42. The Kier molecular flexibility index (Phi) is 5.43. The second-order valence-electron chi connectivity index (χ2n) is 5.80. The average molecular weight is 278 g/mol. The van der Waals surface area contributed by atoms with Crippen LogP contribution in [0.4, 0.5) is 11.4 Å². The number of nitrogen functional groups attached to an aromatic ring is 2. The number of carbonyl (C=O) groups excluding carboxylic acids is 1. The molecule has 0 aliphatic carbocycles. The molecular formula is C16H26N2O2. The molecule has 0 heterocycles. The van der Waals surface area contributed by atoms with E-state index in [1.807, 2.05) is 6.92 Å². The largest absolute Gasteiger partial charge is 0.462 e. The van der Waals surface area contributed by atoms with E-state index in [0.717, 1.165) is 24.8 Å². The normalized spacial score (nSPS) is 11.4. The summed E-state index contributed by atoms with van der Waals surface area (Å²) in [6.07, 6.45) is 2.82. The number of hydrogen-bond acceptors (Lipinski definition) is 4. The monoisotopic (exact) mass is 278 g/mol. The van der Waals surface area contributed by atoms with Gasteiger partial charge in [-0.25, -0.2) is 4.79 Å². The summed E-state index contributed by atoms with van der Waals surface area (Å²) in [7, 11) is 0. The molecule has 0 radical (unpaired) electrons. The molecule has 0 saturated carbocycles. The van der Waals surface area contributed by atoms with Gasteiger partial charge >= 0.3 is 5.97 Å². The van der Waals surface area contributed by atoms with Gasteiger partial charge in [-0.05, 0) is 30.4 Å². The Hall–Kier alpha value is -1.71. The minimum absolute atomic E-state index is 0.102. The minimum Gasteiger partial charge on any atom is -0.462 e. The summed E-state index contributed by atoms with van der Waals surface area (Å²) in [6.45, 7) is 8.72. The van der Waals surface area contributed by atoms with Gasteiger partial charge in [0, 0.05) is 16.9 Å². The van der Waals surface area contributed by atoms with Crippen LogP contribution >= 0.6 is 0 Å². The molecule has 0 aliphatic heterocycles. The first kappa shape index (κ1) is 16.3. The Morgan fingerprint density at radius 3 is 2.15 bits per heavy atom. The number of rotatable bonds is 6. The van der Waals surface area contributed by atoms with Crippen LogP contribution in [0.1, 0.15) is 62.9 Å². The first-order valence-electron chi connectivity index (χ1n) is 7.20. The first-order chi connectivity index (χ1) is 9.33. The Bertz CT molecular complexity index is 458. The SMILES string of the molecule is CCCOC(=O)c1cc(N)c(C(C)(C)CCC)c(N)c1. The molecule has 1 aromatic rings. The number of carbonyl (C=O) groups is 1. The second kappa shape index (κ2) is 6.64. The number of hydrogen-bond donors (Lipinski definition) is 2. The number of nitrogens with two attached hydrogens (primary N) is 2. The first-order valence-corrected chi connectivity index (χ1v) is 7.20. The third-order valence-corrected chi connectivity index (χ3v) is 3.42. The van der Waals surface area contributed by atoms with Crippen molar-refractivity contribution in [3.05, 3.63) is 23.3 Å². The molecule has 0 amide bonds. The van der Waals surface area contributed by atoms with Crippen molar-refractivity contribution in [2.45, 2.75) is 52.4 Å². The van der Waals surface area contributed by atoms with Crippen LogP contribution in [-0.4, -0.2) is 12.6 Å². The summed E-state index contributed by atoms with van der Waals surface area (Å²) in [6, 6.07) is 3.34. The molecule has 0 aromatic heterocycles. The van der Waals surface area contributed by atoms with Crippen molar-refractivity contribution in [1.82, 2.24) is 0 Å². The zero-order valence-corrected chi connectivity index (χ0v) is 13.0. The number of esters is 1. The fourth-order valence-electron chi connectivity index (χ4n) is 2.62. The van der Waals surface area contributed by atoms with Gasteiger partial charge in [0.2, 0.25) is 0 Å². The fourth-order valence-corrected chi connectivity index (χ4v) is 2.62. The Balaban J connectivity index is 3.12. The van der Waals surface area contributed by atoms with Crippen LogP contribution in [0.25, 0.3) is 0 Å². The van der Waals surface area contributed by atoms with E-state index in [0.29, 0.717) is 23.5 Å². The van der Waals surface area contributed by atoms with E-state index in [-0.39, 0.29) is 11.4 Å². The highest BCUT2D eigenvalue weighted by Crippen LogP contribution is 2.37. The van der Waals surface area contributed by atoms with Gasteiger partial charge in [0.25, 0.3) is 0 Å². The van der Waals surface area contributed by atoms with Crippen LogP contribution < -0.4 is 11.5 Å². The van der Waals surface area contributed by atoms with Crippen molar-refractivity contribution in [2.75, 3.05) is 18.1 Å². The molecule has 0 unspecified atom stereocenters. The van der Waals surface area contributed by atoms with Crippen LogP contribution in [0, 0.1) is 0 Å². The zero-order valence-electron chi connectivity index (χ0n) is 13.0. The summed E-state index contributed by atoms with van der Waals surface area (Å²) in [5, 5.41) is 0. The molecule has 0 spiro atoms. The topological polar surface area (TPSA) is 78.3 Å². The molecule has 4 N–H and O–H groups in total. The highest BCUT2D eigenvalue weighted by atomic mass is 16.5. The summed E-state index contributed by atoms with van der Waals surface area (Å²) in [4.78, 5) is 11.9. The summed E-state index contributed by atoms with van der Waals surface area (Å²) >= 11 is 0. The maximum atomic E-state index is 11.9. The summed E-state index contributed by atoms with van der Waals surface area (Å²) < 4.78 is 5.11. The highest BCUT2D eigenvalue weighted by molar-refractivity contribution is 5.92. The van der Waals surface area contributed by atoms with Crippen molar-refractivity contribution < 1.29 is 9.53 Å². The van der Waals surface area contributed by atoms with Crippen molar-refractivity contribution >= 4 is 17.3 Å². The van der Waals surface area contributed by atoms with Gasteiger partial charge in [-0.15, -0.1) is 0 Å². The Morgan fingerprint density at radius 2 is 1.70 bits per heavy atom. The quantitative estimate of drug-likeness (QED) is 0.616. The van der Waals surface area contributed by atoms with Gasteiger partial charge in [-0.2, -0.15) is 0 Å². The molecule has 0 fully saturated rings. The molecule has 0 atom stereocenters. The maximum Gasteiger partial charge on any atom is 0.338 e. The highest BCUT2D eigenvalue weighted by Gasteiger charge is 2.26. The van der Waals surface area contributed by atoms with Gasteiger partial charge in [0.15, 0.2) is 0 Å². The molecule has 4 nitrogen and oxygen atoms in total. The number of ether oxygens (including phenoxy) is 1. The van der Waals surface area contributed by atoms with Gasteiger partial charge in [0.1, 0.15) is 0 Å². The lowest BCUT2D eigenvalue weighted by molar-refractivity contribution is 0.0505. The summed E-state index contributed by atoms with van der Waals surface area (Å²) in [5.74, 6) is -0.370. The van der Waals surface area contributed by atoms with E-state index in [2.05, 4.69) is 20.8 Å². The summed E-state index contributed by atoms with van der Waals surface area (Å²) in [5.41, 5.74) is 14.6. The van der Waals surface area contributed by atoms with E-state index in [4.69, 9.17) is 16.2 Å². The molecular weight excluding hydrogens is 252 g/mol. The number of benzene rings is 1. The van der Waals surface area contributed by atoms with E-state index in [9.17, 15) is 4.79 Å². The molecule has 1 aromatic carbocycles. The van der Waals surface area contributed by atoms with Gasteiger partial charge < -0.3 is 16.2 Å². The lowest BCUT2D eigenvalue weighted by atomic mass is 9.78. The third kappa shape index (κ3) is 3.65. The molecule has 4 heteroatoms. The second-order valence-corrected chi connectivity index (χ2v) is 5.80. The average Bonchev–Trinajstić information content (AvgIpc) is 2.34. The molecule has 1 rings (SSSR count). The van der Waals surface area contributed by atoms with Gasteiger partial charge in [-0.3, -0.25) is 0 Å². The Labute approximate surface area is 121 Å². The molecule has 0 saturated heterocycles. The van der Waals surface area contributed by atoms with Crippen LogP contribution in [0.5, 0.6) is 0 Å². The van der Waals surface area contributed by atoms with Crippen molar-refractivity contribution in [1.29, 1.82) is 0 Å². The minimum atomic E-state index is -0.370. The van der Waals surface area contributed by atoms with Crippen LogP contribution in [0.2, 0.25) is 0 Å². The standard InChI is InChI=1S/C16H26N2O2/c1-5-7-16(3,4)14-12(17)9-11(10-13(14)18)15(19)20-8-6-2/h9-10H,5-8,17-18H2,1-4H3. The smallest absolute Gasteiger partial charge is 0.338 e. The predicted molar refractivity (Wildman–Crippen MR) is 83.8 cm³/mol. The van der Waals surface area contributed by atoms with Crippen molar-refractivity contribution in [3.8, 4) is 0 Å². The Morgan fingerprint density at radius 1 is 1.15 bits per heavy atom. The lowest BCUT2D eigenvalue weighted by Crippen LogP contribution is -2.21. The van der Waals surface area contributed by atoms with E-state index < -0.39 is 0 Å². The van der Waals surface area contributed by atoms with Crippen LogP contribution in [-0.2, 0) is 10.2 Å². The predicted octanol–water partition coefficient (Wildman–Crippen LogP) is 3.50. The molecule has 0 aliphatic rings. The van der Waals surface area contributed by atoms with Gasteiger partial charge in [-0.1, -0.05) is 34.1 Å². The van der Waals surface area contributed by atoms with Crippen molar-refractivity contribution in [3.63, 3.8) is 0 Å². The zero-order chi connectivity index (χ0) is 15.3. The van der Waals surface area contributed by atoms with Crippen LogP contribution in [0.15, 0.2) is 12.1 Å². The maximum absolute atomic E-state index is 11.9.